The topological polar surface area (TPSA) is 166 Å². The number of piperidine rings is 1. The van der Waals surface area contributed by atoms with E-state index in [1.807, 2.05) is 19.9 Å². The van der Waals surface area contributed by atoms with Gasteiger partial charge in [0.1, 0.15) is 5.75 Å². The van der Waals surface area contributed by atoms with Gasteiger partial charge in [-0.05, 0) is 38.8 Å². The van der Waals surface area contributed by atoms with Crippen LogP contribution in [0, 0.1) is 0 Å². The monoisotopic (exact) mass is 580 g/mol. The Balaban J connectivity index is 0.000000587. The number of para-hydroxylation sites is 1. The molecule has 1 atom stereocenters. The number of halogens is 3. The van der Waals surface area contributed by atoms with Crippen molar-refractivity contribution >= 4 is 28.9 Å². The number of phenolic OH excluding ortho intramolecular Hbond substituents is 1. The summed E-state index contributed by atoms with van der Waals surface area (Å²) in [6.07, 6.45) is -1.27. The normalized spacial score (nSPS) is 15.3. The molecule has 1 aliphatic heterocycles. The summed E-state index contributed by atoms with van der Waals surface area (Å²) in [5.74, 6) is -2.91. The first kappa shape index (κ1) is 31.1. The van der Waals surface area contributed by atoms with E-state index in [9.17, 15) is 32.7 Å². The van der Waals surface area contributed by atoms with Crippen LogP contribution in [0.3, 0.4) is 0 Å². The minimum absolute atomic E-state index is 0.00196. The molecule has 4 rings (SSSR count). The van der Waals surface area contributed by atoms with Gasteiger partial charge in [0.15, 0.2) is 16.9 Å². The Morgan fingerprint density at radius 3 is 2.37 bits per heavy atom. The van der Waals surface area contributed by atoms with Crippen molar-refractivity contribution in [2.75, 3.05) is 18.0 Å². The van der Waals surface area contributed by atoms with Gasteiger partial charge in [-0.15, -0.1) is 0 Å². The van der Waals surface area contributed by atoms with E-state index in [1.165, 1.54) is 23.7 Å². The van der Waals surface area contributed by atoms with Gasteiger partial charge in [0.2, 0.25) is 5.95 Å². The number of alkyl halides is 3. The zero-order valence-corrected chi connectivity index (χ0v) is 22.7. The highest BCUT2D eigenvalue weighted by molar-refractivity contribution is 5.98. The van der Waals surface area contributed by atoms with Crippen molar-refractivity contribution in [1.29, 1.82) is 0 Å². The Hall–Kier alpha value is -4.40. The number of aliphatic carboxylic acids is 1. The number of phenols is 1. The molecule has 12 nitrogen and oxygen atoms in total. The highest BCUT2D eigenvalue weighted by Crippen LogP contribution is 2.23. The molecule has 4 N–H and O–H groups in total. The lowest BCUT2D eigenvalue weighted by atomic mass is 10.1. The quantitative estimate of drug-likeness (QED) is 0.292. The summed E-state index contributed by atoms with van der Waals surface area (Å²) in [5, 5.41) is 17.2. The van der Waals surface area contributed by atoms with E-state index in [-0.39, 0.29) is 28.5 Å². The van der Waals surface area contributed by atoms with Crippen molar-refractivity contribution in [3.63, 3.8) is 0 Å². The number of hydrogen-bond acceptors (Lipinski definition) is 8. The van der Waals surface area contributed by atoms with Gasteiger partial charge in [0, 0.05) is 32.7 Å². The van der Waals surface area contributed by atoms with Gasteiger partial charge >= 0.3 is 17.8 Å². The van der Waals surface area contributed by atoms with E-state index in [1.54, 1.807) is 16.7 Å². The number of benzene rings is 1. The number of aromatic hydroxyl groups is 1. The molecule has 41 heavy (non-hydrogen) atoms. The van der Waals surface area contributed by atoms with Gasteiger partial charge in [-0.25, -0.2) is 9.59 Å². The maximum Gasteiger partial charge on any atom is 0.490 e. The summed E-state index contributed by atoms with van der Waals surface area (Å²) in [6, 6.07) is 6.06. The van der Waals surface area contributed by atoms with E-state index < -0.39 is 35.7 Å². The number of rotatable bonds is 6. The van der Waals surface area contributed by atoms with Crippen molar-refractivity contribution < 1.29 is 33.0 Å². The predicted octanol–water partition coefficient (Wildman–Crippen LogP) is 2.01. The average molecular weight is 581 g/mol. The number of Topliss-reactive ketones (excluding diaryl/α,β-unsaturated/α-hetero) is 1. The molecule has 0 spiro atoms. The number of carbonyl (C=O) groups excluding carboxylic acids is 1. The predicted molar refractivity (Wildman–Crippen MR) is 144 cm³/mol. The van der Waals surface area contributed by atoms with Crippen LogP contribution >= 0.6 is 0 Å². The highest BCUT2D eigenvalue weighted by atomic mass is 19.4. The number of aryl methyl sites for hydroxylation is 1. The van der Waals surface area contributed by atoms with Crippen LogP contribution < -0.4 is 21.9 Å². The second-order valence-corrected chi connectivity index (χ2v) is 9.80. The molecule has 3 aromatic rings. The lowest BCUT2D eigenvalue weighted by Gasteiger charge is -2.31. The van der Waals surface area contributed by atoms with E-state index in [0.717, 1.165) is 29.5 Å². The third-order valence-corrected chi connectivity index (χ3v) is 6.38. The lowest BCUT2D eigenvalue weighted by Crippen LogP contribution is -2.44. The van der Waals surface area contributed by atoms with Crippen molar-refractivity contribution in [3.05, 3.63) is 62.3 Å². The minimum Gasteiger partial charge on any atom is -0.507 e. The zero-order valence-electron chi connectivity index (χ0n) is 22.7. The van der Waals surface area contributed by atoms with Crippen molar-refractivity contribution in [2.45, 2.75) is 52.0 Å². The fraction of sp³-hybridized carbons (Fsp3) is 0.423. The number of carbonyl (C=O) groups is 2. The van der Waals surface area contributed by atoms with Gasteiger partial charge in [0.25, 0.3) is 5.56 Å². The van der Waals surface area contributed by atoms with Crippen molar-refractivity contribution in [2.24, 2.45) is 12.8 Å². The number of carboxylic acid groups (broad SMARTS) is 1. The van der Waals surface area contributed by atoms with Crippen LogP contribution in [-0.4, -0.2) is 66.0 Å². The molecule has 0 bridgehead atoms. The Morgan fingerprint density at radius 1 is 1.17 bits per heavy atom. The zero-order chi connectivity index (χ0) is 30.6. The summed E-state index contributed by atoms with van der Waals surface area (Å²) in [6.45, 7) is 5.19. The van der Waals surface area contributed by atoms with Crippen LogP contribution in [0.25, 0.3) is 11.2 Å². The third-order valence-electron chi connectivity index (χ3n) is 6.38. The van der Waals surface area contributed by atoms with Gasteiger partial charge in [0.05, 0.1) is 12.1 Å². The number of aromatic nitrogens is 4. The molecule has 0 amide bonds. The Kier molecular flexibility index (Phi) is 9.42. The maximum absolute atomic E-state index is 13.6. The number of fused-ring (bicyclic) bond motifs is 1. The van der Waals surface area contributed by atoms with E-state index >= 15 is 0 Å². The largest absolute Gasteiger partial charge is 0.507 e. The molecule has 3 heterocycles. The summed E-state index contributed by atoms with van der Waals surface area (Å²) in [5.41, 5.74) is 6.59. The van der Waals surface area contributed by atoms with Crippen molar-refractivity contribution in [1.82, 2.24) is 18.7 Å². The number of anilines is 1. The third kappa shape index (κ3) is 7.03. The summed E-state index contributed by atoms with van der Waals surface area (Å²) in [4.78, 5) is 55.2. The SMILES string of the molecule is CC(C)=CCn1c(N2CCCC(N)C2)nc2c1c(=O)n(CC(=O)c1ccccc1O)c(=O)n2C.O=C(O)C(F)(F)F. The molecular weight excluding hydrogens is 549 g/mol. The molecule has 1 saturated heterocycles. The standard InChI is InChI=1S/C24H30N6O4.C2HF3O2/c1-15(2)10-12-29-20-21(26-23(29)28-11-6-7-16(25)13-28)27(3)24(34)30(22(20)33)14-19(32)17-8-4-5-9-18(17)31;3-2(4,5)1(6)7/h4-5,8-10,16,31H,6-7,11-14,25H2,1-3H3;(H,6,7). The van der Waals surface area contributed by atoms with Crippen molar-refractivity contribution in [3.8, 4) is 5.75 Å². The van der Waals surface area contributed by atoms with E-state index in [0.29, 0.717) is 19.0 Å². The number of nitrogens with two attached hydrogens (primary N) is 1. The number of nitrogens with zero attached hydrogens (tertiary/aromatic N) is 5. The Bertz CT molecular complexity index is 1600. The first-order valence-corrected chi connectivity index (χ1v) is 12.6. The van der Waals surface area contributed by atoms with Crippen LogP contribution in [-0.2, 0) is 24.9 Å². The smallest absolute Gasteiger partial charge is 0.490 e. The Labute approximate surface area is 231 Å². The first-order valence-electron chi connectivity index (χ1n) is 12.6. The Morgan fingerprint density at radius 2 is 1.80 bits per heavy atom. The first-order chi connectivity index (χ1) is 19.1. The fourth-order valence-electron chi connectivity index (χ4n) is 4.32. The van der Waals surface area contributed by atoms with Gasteiger partial charge < -0.3 is 25.4 Å². The maximum atomic E-state index is 13.6. The molecule has 222 valence electrons. The van der Waals surface area contributed by atoms with Crippen LogP contribution in [0.4, 0.5) is 19.1 Å². The van der Waals surface area contributed by atoms with Gasteiger partial charge in [-0.1, -0.05) is 23.8 Å². The van der Waals surface area contributed by atoms with Gasteiger partial charge in [-0.2, -0.15) is 18.2 Å². The van der Waals surface area contributed by atoms with Crippen LogP contribution in [0.15, 0.2) is 45.5 Å². The molecule has 0 radical (unpaired) electrons. The van der Waals surface area contributed by atoms with Gasteiger partial charge in [-0.3, -0.25) is 18.7 Å². The fourth-order valence-corrected chi connectivity index (χ4v) is 4.32. The minimum atomic E-state index is -5.08. The molecule has 1 aliphatic rings. The summed E-state index contributed by atoms with van der Waals surface area (Å²) in [7, 11) is 1.54. The second kappa shape index (κ2) is 12.4. The molecule has 0 saturated carbocycles. The number of hydrogen-bond donors (Lipinski definition) is 3. The number of imidazole rings is 1. The molecule has 2 aromatic heterocycles. The second-order valence-electron chi connectivity index (χ2n) is 9.80. The molecule has 0 aliphatic carbocycles. The molecular formula is C26H31F3N6O6. The molecule has 1 fully saturated rings. The molecule has 1 unspecified atom stereocenters. The summed E-state index contributed by atoms with van der Waals surface area (Å²) >= 11 is 0. The van der Waals surface area contributed by atoms with E-state index in [2.05, 4.69) is 4.90 Å². The molecule has 1 aromatic carbocycles. The number of carboxylic acids is 1. The average Bonchev–Trinajstić information content (AvgIpc) is 3.28. The lowest BCUT2D eigenvalue weighted by molar-refractivity contribution is -0.192. The summed E-state index contributed by atoms with van der Waals surface area (Å²) < 4.78 is 35.7. The van der Waals surface area contributed by atoms with Crippen LogP contribution in [0.5, 0.6) is 5.75 Å². The van der Waals surface area contributed by atoms with Crippen LogP contribution in [0.2, 0.25) is 0 Å². The number of allylic oxidation sites excluding steroid dienone is 2. The number of ketones is 1. The highest BCUT2D eigenvalue weighted by Gasteiger charge is 2.38. The molecule has 15 heteroatoms. The van der Waals surface area contributed by atoms with E-state index in [4.69, 9.17) is 20.6 Å². The van der Waals surface area contributed by atoms with Crippen LogP contribution in [0.1, 0.15) is 37.0 Å².